The number of benzene rings is 2. The van der Waals surface area contributed by atoms with Crippen LogP contribution < -0.4 is 19.3 Å². The minimum atomic E-state index is -3.72. The van der Waals surface area contributed by atoms with Gasteiger partial charge in [-0.1, -0.05) is 19.1 Å². The van der Waals surface area contributed by atoms with Crippen LogP contribution in [0.3, 0.4) is 0 Å². The molecule has 0 aromatic heterocycles. The highest BCUT2D eigenvalue weighted by Crippen LogP contribution is 2.36. The highest BCUT2D eigenvalue weighted by molar-refractivity contribution is 7.89. The predicted octanol–water partition coefficient (Wildman–Crippen LogP) is 2.19. The standard InChI is InChI=1S/C27H34N4O6S/c1-20-9-11-30(12-10-20)38(34,35)21-7-8-25-23(17-21)31(27(33)19-37-25)18-26(32)29-15-13-28(14-16-29)22-5-3-4-6-24(22)36-2/h3-8,17,20H,9-16,18-19H2,1-2H3. The van der Waals surface area contributed by atoms with Gasteiger partial charge < -0.3 is 19.3 Å². The van der Waals surface area contributed by atoms with Crippen molar-refractivity contribution in [3.05, 3.63) is 42.5 Å². The van der Waals surface area contributed by atoms with Gasteiger partial charge in [-0.25, -0.2) is 8.42 Å². The van der Waals surface area contributed by atoms with E-state index in [1.165, 1.54) is 21.3 Å². The predicted molar refractivity (Wildman–Crippen MR) is 143 cm³/mol. The summed E-state index contributed by atoms with van der Waals surface area (Å²) >= 11 is 0. The Labute approximate surface area is 223 Å². The lowest BCUT2D eigenvalue weighted by Gasteiger charge is -2.38. The Morgan fingerprint density at radius 1 is 1.00 bits per heavy atom. The van der Waals surface area contributed by atoms with Gasteiger partial charge in [0.05, 0.1) is 23.4 Å². The molecule has 2 amide bonds. The smallest absolute Gasteiger partial charge is 0.265 e. The molecule has 0 aliphatic carbocycles. The van der Waals surface area contributed by atoms with Crippen LogP contribution in [0.5, 0.6) is 11.5 Å². The Morgan fingerprint density at radius 2 is 1.71 bits per heavy atom. The molecule has 3 heterocycles. The first-order valence-corrected chi connectivity index (χ1v) is 14.4. The number of hydrogen-bond acceptors (Lipinski definition) is 7. The Kier molecular flexibility index (Phi) is 7.49. The number of hydrogen-bond donors (Lipinski definition) is 0. The van der Waals surface area contributed by atoms with Crippen molar-refractivity contribution in [1.29, 1.82) is 0 Å². The number of fused-ring (bicyclic) bond motifs is 1. The molecule has 3 aliphatic heterocycles. The van der Waals surface area contributed by atoms with Gasteiger partial charge in [0.15, 0.2) is 6.61 Å². The number of amides is 2. The van der Waals surface area contributed by atoms with Crippen molar-refractivity contribution in [3.63, 3.8) is 0 Å². The third kappa shape index (κ3) is 5.17. The number of ether oxygens (including phenoxy) is 2. The third-order valence-corrected chi connectivity index (χ3v) is 9.50. The van der Waals surface area contributed by atoms with Gasteiger partial charge in [0.1, 0.15) is 18.0 Å². The molecular weight excluding hydrogens is 508 g/mol. The average Bonchev–Trinajstić information content (AvgIpc) is 2.94. The highest BCUT2D eigenvalue weighted by Gasteiger charge is 2.34. The maximum atomic E-state index is 13.3. The van der Waals surface area contributed by atoms with Crippen molar-refractivity contribution in [1.82, 2.24) is 9.21 Å². The van der Waals surface area contributed by atoms with Gasteiger partial charge in [0.25, 0.3) is 5.91 Å². The van der Waals surface area contributed by atoms with Crippen molar-refractivity contribution in [2.75, 3.05) is 69.3 Å². The first kappa shape index (κ1) is 26.3. The summed E-state index contributed by atoms with van der Waals surface area (Å²) in [5, 5.41) is 0. The fourth-order valence-electron chi connectivity index (χ4n) is 5.21. The second kappa shape index (κ2) is 10.8. The van der Waals surface area contributed by atoms with Crippen LogP contribution in [0.15, 0.2) is 47.4 Å². The van der Waals surface area contributed by atoms with Crippen LogP contribution in [0, 0.1) is 5.92 Å². The lowest BCUT2D eigenvalue weighted by Crippen LogP contribution is -2.53. The Hall–Kier alpha value is -3.31. The second-order valence-electron chi connectivity index (χ2n) is 10.0. The van der Waals surface area contributed by atoms with Gasteiger partial charge in [-0.15, -0.1) is 0 Å². The van der Waals surface area contributed by atoms with Gasteiger partial charge in [-0.05, 0) is 49.1 Å². The van der Waals surface area contributed by atoms with Crippen molar-refractivity contribution in [2.24, 2.45) is 5.92 Å². The Bertz CT molecular complexity index is 1300. The molecule has 2 saturated heterocycles. The van der Waals surface area contributed by atoms with E-state index in [1.807, 2.05) is 24.3 Å². The summed E-state index contributed by atoms with van der Waals surface area (Å²) in [6.07, 6.45) is 1.63. The number of carbonyl (C=O) groups excluding carboxylic acids is 2. The first-order valence-electron chi connectivity index (χ1n) is 13.0. The molecule has 38 heavy (non-hydrogen) atoms. The summed E-state index contributed by atoms with van der Waals surface area (Å²) in [5.74, 6) is 1.11. The first-order chi connectivity index (χ1) is 18.3. The van der Waals surface area contributed by atoms with Crippen molar-refractivity contribution in [3.8, 4) is 11.5 Å². The molecule has 2 aromatic rings. The molecule has 2 aromatic carbocycles. The molecule has 5 rings (SSSR count). The quantitative estimate of drug-likeness (QED) is 0.552. The number of carbonyl (C=O) groups is 2. The Balaban J connectivity index is 1.29. The van der Waals surface area contributed by atoms with Gasteiger partial charge in [-0.2, -0.15) is 4.31 Å². The zero-order valence-corrected chi connectivity index (χ0v) is 22.7. The van der Waals surface area contributed by atoms with Crippen molar-refractivity contribution in [2.45, 2.75) is 24.7 Å². The van der Waals surface area contributed by atoms with Crippen LogP contribution in [-0.2, 0) is 19.6 Å². The monoisotopic (exact) mass is 542 g/mol. The van der Waals surface area contributed by atoms with E-state index in [2.05, 4.69) is 11.8 Å². The van der Waals surface area contributed by atoms with Gasteiger partial charge in [0, 0.05) is 39.3 Å². The fraction of sp³-hybridized carbons (Fsp3) is 0.481. The Morgan fingerprint density at radius 3 is 2.42 bits per heavy atom. The average molecular weight is 543 g/mol. The molecule has 0 saturated carbocycles. The number of anilines is 2. The summed E-state index contributed by atoms with van der Waals surface area (Å²) < 4.78 is 39.2. The summed E-state index contributed by atoms with van der Waals surface area (Å²) in [6, 6.07) is 12.3. The SMILES string of the molecule is COc1ccccc1N1CCN(C(=O)CN2C(=O)COc3ccc(S(=O)(=O)N4CCC(C)CC4)cc32)CC1. The molecule has 0 unspecified atom stereocenters. The minimum Gasteiger partial charge on any atom is -0.495 e. The number of piperazine rings is 1. The molecule has 2 fully saturated rings. The molecule has 3 aliphatic rings. The topological polar surface area (TPSA) is 99.7 Å². The zero-order chi connectivity index (χ0) is 26.9. The number of piperidine rings is 1. The largest absolute Gasteiger partial charge is 0.495 e. The van der Waals surface area contributed by atoms with E-state index >= 15 is 0 Å². The lowest BCUT2D eigenvalue weighted by atomic mass is 10.0. The van der Waals surface area contributed by atoms with Crippen molar-refractivity contribution < 1.29 is 27.5 Å². The van der Waals surface area contributed by atoms with Crippen LogP contribution in [0.4, 0.5) is 11.4 Å². The highest BCUT2D eigenvalue weighted by atomic mass is 32.2. The number of rotatable bonds is 6. The maximum absolute atomic E-state index is 13.3. The van der Waals surface area contributed by atoms with E-state index in [1.54, 1.807) is 18.1 Å². The van der Waals surface area contributed by atoms with Crippen LogP contribution >= 0.6 is 0 Å². The summed E-state index contributed by atoms with van der Waals surface area (Å²) in [7, 11) is -2.08. The number of sulfonamides is 1. The normalized spacial score (nSPS) is 19.2. The molecule has 11 heteroatoms. The van der Waals surface area contributed by atoms with Crippen LogP contribution in [0.1, 0.15) is 19.8 Å². The number of methoxy groups -OCH3 is 1. The van der Waals surface area contributed by atoms with E-state index in [0.717, 1.165) is 24.3 Å². The van der Waals surface area contributed by atoms with E-state index in [9.17, 15) is 18.0 Å². The fourth-order valence-corrected chi connectivity index (χ4v) is 6.70. The van der Waals surface area contributed by atoms with Crippen molar-refractivity contribution >= 4 is 33.2 Å². The molecule has 0 N–H and O–H groups in total. The van der Waals surface area contributed by atoms with E-state index in [4.69, 9.17) is 9.47 Å². The minimum absolute atomic E-state index is 0.104. The molecule has 0 spiro atoms. The van der Waals surface area contributed by atoms with Gasteiger partial charge in [0.2, 0.25) is 15.9 Å². The molecule has 0 atom stereocenters. The molecule has 0 radical (unpaired) electrons. The van der Waals surface area contributed by atoms with Crippen LogP contribution in [0.2, 0.25) is 0 Å². The van der Waals surface area contributed by atoms with E-state index < -0.39 is 10.0 Å². The third-order valence-electron chi connectivity index (χ3n) is 7.61. The van der Waals surface area contributed by atoms with Gasteiger partial charge >= 0.3 is 0 Å². The second-order valence-corrected chi connectivity index (χ2v) is 12.0. The van der Waals surface area contributed by atoms with E-state index in [0.29, 0.717) is 56.6 Å². The molecular formula is C27H34N4O6S. The molecule has 10 nitrogen and oxygen atoms in total. The lowest BCUT2D eigenvalue weighted by molar-refractivity contribution is -0.132. The zero-order valence-electron chi connectivity index (χ0n) is 21.8. The van der Waals surface area contributed by atoms with Crippen LogP contribution in [-0.4, -0.2) is 89.0 Å². The summed E-state index contributed by atoms with van der Waals surface area (Å²) in [5.41, 5.74) is 1.30. The maximum Gasteiger partial charge on any atom is 0.265 e. The number of nitrogens with zero attached hydrogens (tertiary/aromatic N) is 4. The van der Waals surface area contributed by atoms with Gasteiger partial charge in [-0.3, -0.25) is 14.5 Å². The van der Waals surface area contributed by atoms with Crippen LogP contribution in [0.25, 0.3) is 0 Å². The number of para-hydroxylation sites is 2. The van der Waals surface area contributed by atoms with E-state index in [-0.39, 0.29) is 29.9 Å². The summed E-state index contributed by atoms with van der Waals surface area (Å²) in [6.45, 7) is 4.98. The summed E-state index contributed by atoms with van der Waals surface area (Å²) in [4.78, 5) is 31.5. The molecule has 204 valence electrons. The molecule has 0 bridgehead atoms.